The van der Waals surface area contributed by atoms with E-state index in [0.717, 1.165) is 0 Å². The van der Waals surface area contributed by atoms with Crippen LogP contribution < -0.4 is 0 Å². The maximum atomic E-state index is 11.8. The fraction of sp³-hybridized carbons (Fsp3) is 0.636. The molecule has 0 radical (unpaired) electrons. The van der Waals surface area contributed by atoms with Gasteiger partial charge in [-0.15, -0.1) is 0 Å². The van der Waals surface area contributed by atoms with Crippen LogP contribution in [0.4, 0.5) is 0 Å². The third-order valence-electron chi connectivity index (χ3n) is 2.15. The number of nitriles is 1. The van der Waals surface area contributed by atoms with Crippen LogP contribution in [0.25, 0.3) is 0 Å². The molecule has 0 spiro atoms. The quantitative estimate of drug-likeness (QED) is 0.678. The van der Waals surface area contributed by atoms with Gasteiger partial charge >= 0.3 is 0 Å². The largest absolute Gasteiger partial charge is 0.490 e. The van der Waals surface area contributed by atoms with Crippen LogP contribution in [0.15, 0.2) is 11.5 Å². The number of carbonyl (C=O) groups excluding carboxylic acids is 1. The summed E-state index contributed by atoms with van der Waals surface area (Å²) in [5.74, 6) is -0.146. The molecule has 0 saturated carbocycles. The monoisotopic (exact) mass is 225 g/mol. The lowest BCUT2D eigenvalue weighted by atomic mass is 9.84. The number of rotatable bonds is 6. The van der Waals surface area contributed by atoms with Crippen LogP contribution >= 0.6 is 0 Å². The summed E-state index contributed by atoms with van der Waals surface area (Å²) in [4.78, 5) is 11.8. The maximum Gasteiger partial charge on any atom is 0.282 e. The molecule has 0 amide bonds. The summed E-state index contributed by atoms with van der Waals surface area (Å²) < 4.78 is 15.6. The zero-order valence-corrected chi connectivity index (χ0v) is 9.70. The lowest BCUT2D eigenvalue weighted by Crippen LogP contribution is -2.53. The highest BCUT2D eigenvalue weighted by molar-refractivity contribution is 6.12. The Kier molecular flexibility index (Phi) is 3.91. The fourth-order valence-electron chi connectivity index (χ4n) is 1.53. The van der Waals surface area contributed by atoms with E-state index >= 15 is 0 Å². The zero-order valence-electron chi connectivity index (χ0n) is 9.70. The van der Waals surface area contributed by atoms with Crippen molar-refractivity contribution in [2.45, 2.75) is 26.4 Å². The molecular formula is C11H15NO4. The number of Topliss-reactive ketones (excluding diaryl/α,β-unsaturated/α-hetero) is 1. The van der Waals surface area contributed by atoms with Crippen LogP contribution in [0.3, 0.4) is 0 Å². The van der Waals surface area contributed by atoms with Gasteiger partial charge in [0.25, 0.3) is 11.4 Å². The first-order valence-corrected chi connectivity index (χ1v) is 5.28. The van der Waals surface area contributed by atoms with Crippen molar-refractivity contribution in [3.05, 3.63) is 11.5 Å². The van der Waals surface area contributed by atoms with Gasteiger partial charge in [-0.05, 0) is 20.8 Å². The molecule has 0 N–H and O–H groups in total. The number of hydrogen-bond donors (Lipinski definition) is 0. The molecule has 1 atom stereocenters. The Morgan fingerprint density at radius 1 is 1.19 bits per heavy atom. The third-order valence-corrected chi connectivity index (χ3v) is 2.15. The summed E-state index contributed by atoms with van der Waals surface area (Å²) in [5.41, 5.74) is -1.59. The second kappa shape index (κ2) is 4.99. The maximum absolute atomic E-state index is 11.8. The second-order valence-electron chi connectivity index (χ2n) is 3.08. The van der Waals surface area contributed by atoms with Crippen LogP contribution in [0.2, 0.25) is 0 Å². The molecule has 0 aliphatic heterocycles. The molecule has 16 heavy (non-hydrogen) atoms. The molecular weight excluding hydrogens is 210 g/mol. The van der Waals surface area contributed by atoms with E-state index in [1.54, 1.807) is 20.8 Å². The predicted molar refractivity (Wildman–Crippen MR) is 55.3 cm³/mol. The summed E-state index contributed by atoms with van der Waals surface area (Å²) in [6.45, 7) is 6.22. The molecule has 0 aromatic rings. The van der Waals surface area contributed by atoms with Gasteiger partial charge in [0.15, 0.2) is 5.76 Å². The average Bonchev–Trinajstić information content (AvgIpc) is 2.31. The van der Waals surface area contributed by atoms with Crippen LogP contribution in [0.5, 0.6) is 0 Å². The lowest BCUT2D eigenvalue weighted by molar-refractivity contribution is -0.146. The summed E-state index contributed by atoms with van der Waals surface area (Å²) in [6, 6.07) is 1.85. The van der Waals surface area contributed by atoms with E-state index in [4.69, 9.17) is 19.5 Å². The Labute approximate surface area is 94.6 Å². The Bertz CT molecular complexity index is 355. The lowest BCUT2D eigenvalue weighted by Gasteiger charge is -2.36. The molecule has 0 aromatic carbocycles. The molecule has 1 aliphatic carbocycles. The van der Waals surface area contributed by atoms with Gasteiger partial charge in [-0.2, -0.15) is 5.26 Å². The van der Waals surface area contributed by atoms with E-state index in [1.807, 2.05) is 6.07 Å². The van der Waals surface area contributed by atoms with Crippen LogP contribution in [-0.4, -0.2) is 31.2 Å². The highest BCUT2D eigenvalue weighted by atomic mass is 16.6. The van der Waals surface area contributed by atoms with Crippen LogP contribution in [-0.2, 0) is 19.0 Å². The number of ketones is 1. The minimum absolute atomic E-state index is 0.111. The average molecular weight is 225 g/mol. The van der Waals surface area contributed by atoms with Gasteiger partial charge in [0.05, 0.1) is 13.2 Å². The molecule has 5 nitrogen and oxygen atoms in total. The number of carbonyl (C=O) groups is 1. The van der Waals surface area contributed by atoms with E-state index in [2.05, 4.69) is 0 Å². The minimum Gasteiger partial charge on any atom is -0.490 e. The van der Waals surface area contributed by atoms with E-state index in [-0.39, 0.29) is 18.1 Å². The zero-order chi connectivity index (χ0) is 12.2. The van der Waals surface area contributed by atoms with E-state index in [9.17, 15) is 4.79 Å². The topological polar surface area (TPSA) is 68.6 Å². The number of ether oxygens (including phenoxy) is 3. The van der Waals surface area contributed by atoms with Crippen molar-refractivity contribution in [2.75, 3.05) is 19.8 Å². The molecule has 0 bridgehead atoms. The first-order valence-electron chi connectivity index (χ1n) is 5.28. The van der Waals surface area contributed by atoms with Crippen molar-refractivity contribution in [1.82, 2.24) is 0 Å². The Morgan fingerprint density at radius 3 is 2.25 bits per heavy atom. The smallest absolute Gasteiger partial charge is 0.282 e. The summed E-state index contributed by atoms with van der Waals surface area (Å²) in [6.07, 6.45) is 0. The fourth-order valence-corrected chi connectivity index (χ4v) is 1.53. The number of hydrogen-bond acceptors (Lipinski definition) is 5. The van der Waals surface area contributed by atoms with Crippen molar-refractivity contribution in [2.24, 2.45) is 0 Å². The molecule has 1 rings (SSSR count). The molecule has 0 fully saturated rings. The Morgan fingerprint density at radius 2 is 1.81 bits per heavy atom. The van der Waals surface area contributed by atoms with Crippen molar-refractivity contribution < 1.29 is 19.0 Å². The van der Waals surface area contributed by atoms with Gasteiger partial charge in [0.1, 0.15) is 6.07 Å². The van der Waals surface area contributed by atoms with Gasteiger partial charge in [0, 0.05) is 6.61 Å². The van der Waals surface area contributed by atoms with E-state index < -0.39 is 11.4 Å². The number of nitrogens with zero attached hydrogens (tertiary/aromatic N) is 1. The van der Waals surface area contributed by atoms with Crippen LogP contribution in [0.1, 0.15) is 20.8 Å². The predicted octanol–water partition coefficient (Wildman–Crippen LogP) is 1.15. The van der Waals surface area contributed by atoms with E-state index in [0.29, 0.717) is 13.2 Å². The first kappa shape index (κ1) is 12.5. The molecule has 0 saturated heterocycles. The van der Waals surface area contributed by atoms with Crippen molar-refractivity contribution in [1.29, 1.82) is 5.26 Å². The highest BCUT2D eigenvalue weighted by Gasteiger charge is 2.59. The molecule has 0 heterocycles. The molecule has 5 heteroatoms. The van der Waals surface area contributed by atoms with Gasteiger partial charge in [-0.25, -0.2) is 0 Å². The van der Waals surface area contributed by atoms with Crippen LogP contribution in [0, 0.1) is 11.3 Å². The van der Waals surface area contributed by atoms with Gasteiger partial charge < -0.3 is 14.2 Å². The second-order valence-corrected chi connectivity index (χ2v) is 3.08. The molecule has 88 valence electrons. The summed E-state index contributed by atoms with van der Waals surface area (Å²) >= 11 is 0. The van der Waals surface area contributed by atoms with Crippen molar-refractivity contribution >= 4 is 5.78 Å². The standard InChI is InChI=1S/C11H15NO4/c1-4-14-8-9(13)11(7-12,16-6-3)10(8)15-5-2/h4-6H2,1-3H3. The van der Waals surface area contributed by atoms with Gasteiger partial charge in [0.2, 0.25) is 5.76 Å². The Hall–Kier alpha value is -1.54. The molecule has 1 aliphatic rings. The van der Waals surface area contributed by atoms with Gasteiger partial charge in [-0.1, -0.05) is 0 Å². The summed E-state index contributed by atoms with van der Waals surface area (Å²) in [5, 5.41) is 9.06. The van der Waals surface area contributed by atoms with Crippen molar-refractivity contribution in [3.8, 4) is 6.07 Å². The highest BCUT2D eigenvalue weighted by Crippen LogP contribution is 2.39. The Balaban J connectivity index is 3.05. The van der Waals surface area contributed by atoms with Gasteiger partial charge in [-0.3, -0.25) is 4.79 Å². The van der Waals surface area contributed by atoms with E-state index in [1.165, 1.54) is 0 Å². The summed E-state index contributed by atoms with van der Waals surface area (Å²) in [7, 11) is 0. The first-order chi connectivity index (χ1) is 7.67. The molecule has 1 unspecified atom stereocenters. The molecule has 0 aromatic heterocycles. The van der Waals surface area contributed by atoms with Crippen molar-refractivity contribution in [3.63, 3.8) is 0 Å². The normalized spacial score (nSPS) is 23.8. The SMILES string of the molecule is CCOC1=C(OCC)C(C#N)(OCC)C1=O. The minimum atomic E-state index is -1.59. The third kappa shape index (κ3) is 1.65.